The highest BCUT2D eigenvalue weighted by Crippen LogP contribution is 2.17. The number of carbonyl (C=O) groups is 1. The molecule has 0 aliphatic rings. The average molecular weight is 362 g/mol. The summed E-state index contributed by atoms with van der Waals surface area (Å²) in [6.45, 7) is 1.10. The maximum atomic E-state index is 12.6. The van der Waals surface area contributed by atoms with E-state index >= 15 is 0 Å². The molecular formula is C18H22N2O4S. The van der Waals surface area contributed by atoms with Crippen LogP contribution in [0.5, 0.6) is 0 Å². The molecule has 25 heavy (non-hydrogen) atoms. The Hall–Kier alpha value is -2.22. The van der Waals surface area contributed by atoms with Gasteiger partial charge in [0.15, 0.2) is 0 Å². The molecule has 0 radical (unpaired) electrons. The van der Waals surface area contributed by atoms with Crippen molar-refractivity contribution in [2.45, 2.75) is 11.4 Å². The lowest BCUT2D eigenvalue weighted by atomic mass is 10.2. The summed E-state index contributed by atoms with van der Waals surface area (Å²) in [5.41, 5.74) is 1.31. The number of benzene rings is 2. The fourth-order valence-corrected chi connectivity index (χ4v) is 3.41. The van der Waals surface area contributed by atoms with Crippen molar-refractivity contribution < 1.29 is 17.9 Å². The van der Waals surface area contributed by atoms with Gasteiger partial charge in [0.2, 0.25) is 10.0 Å². The van der Waals surface area contributed by atoms with E-state index in [1.807, 2.05) is 30.3 Å². The van der Waals surface area contributed by atoms with E-state index in [9.17, 15) is 13.2 Å². The summed E-state index contributed by atoms with van der Waals surface area (Å²) in [4.78, 5) is 12.1. The predicted molar refractivity (Wildman–Crippen MR) is 95.7 cm³/mol. The van der Waals surface area contributed by atoms with Gasteiger partial charge in [-0.2, -0.15) is 4.31 Å². The Labute approximate surface area is 148 Å². The number of hydrogen-bond acceptors (Lipinski definition) is 4. The van der Waals surface area contributed by atoms with Crippen LogP contribution >= 0.6 is 0 Å². The zero-order valence-electron chi connectivity index (χ0n) is 14.3. The first-order valence-electron chi connectivity index (χ1n) is 7.82. The number of rotatable bonds is 8. The first-order valence-corrected chi connectivity index (χ1v) is 9.26. The molecule has 0 unspecified atom stereocenters. The lowest BCUT2D eigenvalue weighted by molar-refractivity contribution is 0.0937. The number of hydrogen-bond donors (Lipinski definition) is 1. The van der Waals surface area contributed by atoms with Crippen LogP contribution in [0.1, 0.15) is 15.9 Å². The molecule has 2 rings (SSSR count). The van der Waals surface area contributed by atoms with Crippen LogP contribution in [0.2, 0.25) is 0 Å². The molecule has 1 amide bonds. The summed E-state index contributed by atoms with van der Waals surface area (Å²) < 4.78 is 31.4. The van der Waals surface area contributed by atoms with Crippen molar-refractivity contribution in [2.24, 2.45) is 0 Å². The van der Waals surface area contributed by atoms with Gasteiger partial charge < -0.3 is 10.1 Å². The van der Waals surface area contributed by atoms with Crippen molar-refractivity contribution in [1.29, 1.82) is 0 Å². The Morgan fingerprint density at radius 2 is 1.72 bits per heavy atom. The molecule has 0 spiro atoms. The van der Waals surface area contributed by atoms with Gasteiger partial charge in [-0.05, 0) is 29.8 Å². The van der Waals surface area contributed by atoms with Gasteiger partial charge in [-0.1, -0.05) is 30.3 Å². The van der Waals surface area contributed by atoms with Crippen LogP contribution in [-0.2, 0) is 21.3 Å². The van der Waals surface area contributed by atoms with Crippen LogP contribution in [0.25, 0.3) is 0 Å². The number of nitrogens with one attached hydrogen (secondary N) is 1. The molecule has 6 nitrogen and oxygen atoms in total. The second-order valence-electron chi connectivity index (χ2n) is 5.52. The summed E-state index contributed by atoms with van der Waals surface area (Å²) in [6.07, 6.45) is 0. The third-order valence-electron chi connectivity index (χ3n) is 3.66. The van der Waals surface area contributed by atoms with Gasteiger partial charge in [0.1, 0.15) is 0 Å². The lowest BCUT2D eigenvalue weighted by Gasteiger charge is -2.17. The van der Waals surface area contributed by atoms with E-state index in [0.29, 0.717) is 18.7 Å². The van der Waals surface area contributed by atoms with Crippen LogP contribution in [0.4, 0.5) is 0 Å². The molecule has 0 bridgehead atoms. The number of carbonyl (C=O) groups excluding carboxylic acids is 1. The van der Waals surface area contributed by atoms with Gasteiger partial charge >= 0.3 is 0 Å². The van der Waals surface area contributed by atoms with E-state index in [1.165, 1.54) is 35.6 Å². The lowest BCUT2D eigenvalue weighted by Crippen LogP contribution is -2.28. The third kappa shape index (κ3) is 5.12. The smallest absolute Gasteiger partial charge is 0.251 e. The minimum absolute atomic E-state index is 0.152. The van der Waals surface area contributed by atoms with E-state index in [0.717, 1.165) is 5.56 Å². The number of sulfonamides is 1. The van der Waals surface area contributed by atoms with Gasteiger partial charge in [-0.25, -0.2) is 8.42 Å². The molecule has 0 fully saturated rings. The zero-order valence-corrected chi connectivity index (χ0v) is 15.1. The van der Waals surface area contributed by atoms with Gasteiger partial charge in [0.05, 0.1) is 11.5 Å². The van der Waals surface area contributed by atoms with Gasteiger partial charge in [0, 0.05) is 32.8 Å². The molecule has 0 aromatic heterocycles. The Morgan fingerprint density at radius 3 is 2.32 bits per heavy atom. The molecule has 0 heterocycles. The molecule has 7 heteroatoms. The SMILES string of the molecule is COCCNC(=O)c1ccc(S(=O)(=O)N(C)Cc2ccccc2)cc1. The third-order valence-corrected chi connectivity index (χ3v) is 5.48. The van der Waals surface area contributed by atoms with E-state index < -0.39 is 10.0 Å². The van der Waals surface area contributed by atoms with E-state index in [4.69, 9.17) is 4.74 Å². The molecule has 0 aliphatic carbocycles. The quantitative estimate of drug-likeness (QED) is 0.728. The first kappa shape index (κ1) is 19.1. The van der Waals surface area contributed by atoms with Crippen molar-refractivity contribution in [2.75, 3.05) is 27.3 Å². The standard InChI is InChI=1S/C18H22N2O4S/c1-20(14-15-6-4-3-5-7-15)25(22,23)17-10-8-16(9-11-17)18(21)19-12-13-24-2/h3-11H,12-14H2,1-2H3,(H,19,21). The van der Waals surface area contributed by atoms with E-state index in [-0.39, 0.29) is 17.3 Å². The molecule has 2 aromatic carbocycles. The van der Waals surface area contributed by atoms with Crippen LogP contribution < -0.4 is 5.32 Å². The average Bonchev–Trinajstić information content (AvgIpc) is 2.62. The molecular weight excluding hydrogens is 340 g/mol. The largest absolute Gasteiger partial charge is 0.383 e. The molecule has 1 N–H and O–H groups in total. The Bertz CT molecular complexity index is 790. The van der Waals surface area contributed by atoms with Crippen LogP contribution in [-0.4, -0.2) is 45.9 Å². The Morgan fingerprint density at radius 1 is 1.08 bits per heavy atom. The summed E-state index contributed by atoms with van der Waals surface area (Å²) in [5.74, 6) is -0.265. The van der Waals surface area contributed by atoms with Crippen molar-refractivity contribution in [3.05, 3.63) is 65.7 Å². The van der Waals surface area contributed by atoms with Crippen LogP contribution in [0, 0.1) is 0 Å². The molecule has 134 valence electrons. The fraction of sp³-hybridized carbons (Fsp3) is 0.278. The summed E-state index contributed by atoms with van der Waals surface area (Å²) in [7, 11) is -0.530. The number of nitrogens with zero attached hydrogens (tertiary/aromatic N) is 1. The van der Waals surface area contributed by atoms with Gasteiger partial charge in [0.25, 0.3) is 5.91 Å². The molecule has 2 aromatic rings. The van der Waals surface area contributed by atoms with Crippen LogP contribution in [0.15, 0.2) is 59.5 Å². The molecule has 0 atom stereocenters. The maximum absolute atomic E-state index is 12.6. The molecule has 0 saturated heterocycles. The Kier molecular flexibility index (Phi) is 6.69. The highest BCUT2D eigenvalue weighted by atomic mass is 32.2. The van der Waals surface area contributed by atoms with Crippen molar-refractivity contribution in [3.8, 4) is 0 Å². The molecule has 0 aliphatic heterocycles. The summed E-state index contributed by atoms with van der Waals surface area (Å²) in [5, 5.41) is 2.69. The van der Waals surface area contributed by atoms with Crippen LogP contribution in [0.3, 0.4) is 0 Å². The first-order chi connectivity index (χ1) is 11.9. The van der Waals surface area contributed by atoms with E-state index in [2.05, 4.69) is 5.32 Å². The topological polar surface area (TPSA) is 75.7 Å². The monoisotopic (exact) mass is 362 g/mol. The summed E-state index contributed by atoms with van der Waals surface area (Å²) in [6, 6.07) is 15.3. The second kappa shape index (κ2) is 8.75. The normalized spacial score (nSPS) is 11.5. The second-order valence-corrected chi connectivity index (χ2v) is 7.56. The fourth-order valence-electron chi connectivity index (χ4n) is 2.25. The maximum Gasteiger partial charge on any atom is 0.251 e. The molecule has 0 saturated carbocycles. The van der Waals surface area contributed by atoms with Crippen molar-refractivity contribution in [3.63, 3.8) is 0 Å². The highest BCUT2D eigenvalue weighted by molar-refractivity contribution is 7.89. The predicted octanol–water partition coefficient (Wildman–Crippen LogP) is 1.88. The van der Waals surface area contributed by atoms with Gasteiger partial charge in [-0.15, -0.1) is 0 Å². The zero-order chi connectivity index (χ0) is 18.3. The summed E-state index contributed by atoms with van der Waals surface area (Å²) >= 11 is 0. The highest BCUT2D eigenvalue weighted by Gasteiger charge is 2.21. The number of amides is 1. The Balaban J connectivity index is 2.08. The number of ether oxygens (including phenoxy) is 1. The van der Waals surface area contributed by atoms with Crippen molar-refractivity contribution >= 4 is 15.9 Å². The van der Waals surface area contributed by atoms with Crippen molar-refractivity contribution in [1.82, 2.24) is 9.62 Å². The minimum atomic E-state index is -3.62. The number of methoxy groups -OCH3 is 1. The minimum Gasteiger partial charge on any atom is -0.383 e. The van der Waals surface area contributed by atoms with Gasteiger partial charge in [-0.3, -0.25) is 4.79 Å². The van der Waals surface area contributed by atoms with E-state index in [1.54, 1.807) is 7.11 Å².